The van der Waals surface area contributed by atoms with Gasteiger partial charge in [-0.25, -0.2) is 0 Å². The van der Waals surface area contributed by atoms with Gasteiger partial charge >= 0.3 is 11.9 Å². The number of hydrogen-bond acceptors (Lipinski definition) is 6. The van der Waals surface area contributed by atoms with Gasteiger partial charge in [-0.1, -0.05) is 42.5 Å². The molecule has 1 saturated heterocycles. The van der Waals surface area contributed by atoms with Crippen molar-refractivity contribution in [3.05, 3.63) is 60.2 Å². The van der Waals surface area contributed by atoms with E-state index >= 15 is 0 Å². The number of ether oxygens (including phenoxy) is 3. The molecule has 3 N–H and O–H groups in total. The van der Waals surface area contributed by atoms with Crippen molar-refractivity contribution in [2.24, 2.45) is 0 Å². The summed E-state index contributed by atoms with van der Waals surface area (Å²) in [6, 6.07) is 18.0. The zero-order chi connectivity index (χ0) is 22.5. The number of para-hydroxylation sites is 2. The van der Waals surface area contributed by atoms with Gasteiger partial charge in [0.25, 0.3) is 0 Å². The van der Waals surface area contributed by atoms with Crippen LogP contribution in [0.15, 0.2) is 54.6 Å². The van der Waals surface area contributed by atoms with Gasteiger partial charge in [-0.05, 0) is 24.6 Å². The lowest BCUT2D eigenvalue weighted by molar-refractivity contribution is -0.143. The lowest BCUT2D eigenvalue weighted by Crippen LogP contribution is -2.43. The summed E-state index contributed by atoms with van der Waals surface area (Å²) in [5, 5.41) is 19.2. The first kappa shape index (κ1) is 24.2. The summed E-state index contributed by atoms with van der Waals surface area (Å²) in [5.74, 6) is -0.642. The number of rotatable bonds is 9. The Bertz CT molecular complexity index is 793. The van der Waals surface area contributed by atoms with E-state index in [1.54, 1.807) is 0 Å². The second kappa shape index (κ2) is 13.3. The highest BCUT2D eigenvalue weighted by molar-refractivity contribution is 5.75. The van der Waals surface area contributed by atoms with E-state index < -0.39 is 11.9 Å². The first-order valence-corrected chi connectivity index (χ1v) is 10.2. The molecule has 3 rings (SSSR count). The number of carbonyl (C=O) groups is 2. The van der Waals surface area contributed by atoms with Crippen molar-refractivity contribution in [2.45, 2.75) is 32.0 Å². The van der Waals surface area contributed by atoms with Gasteiger partial charge in [-0.15, -0.1) is 0 Å². The van der Waals surface area contributed by atoms with Gasteiger partial charge < -0.3 is 29.7 Å². The predicted octanol–water partition coefficient (Wildman–Crippen LogP) is 3.13. The Morgan fingerprint density at radius 1 is 1.03 bits per heavy atom. The van der Waals surface area contributed by atoms with Gasteiger partial charge in [0.05, 0.1) is 26.1 Å². The molecule has 2 atom stereocenters. The maximum Gasteiger partial charge on any atom is 0.303 e. The molecule has 0 bridgehead atoms. The van der Waals surface area contributed by atoms with Crippen molar-refractivity contribution in [3.63, 3.8) is 0 Å². The molecule has 1 heterocycles. The fourth-order valence-corrected chi connectivity index (χ4v) is 2.95. The molecule has 2 aromatic rings. The molecule has 0 radical (unpaired) electrons. The molecule has 0 aliphatic carbocycles. The third-order valence-electron chi connectivity index (χ3n) is 4.38. The third kappa shape index (κ3) is 8.65. The average molecular weight is 431 g/mol. The Hall–Kier alpha value is -3.10. The monoisotopic (exact) mass is 431 g/mol. The van der Waals surface area contributed by atoms with Crippen molar-refractivity contribution >= 4 is 11.9 Å². The topological polar surface area (TPSA) is 114 Å². The highest BCUT2D eigenvalue weighted by atomic mass is 16.6. The van der Waals surface area contributed by atoms with E-state index in [0.29, 0.717) is 13.2 Å². The smallest absolute Gasteiger partial charge is 0.303 e. The lowest BCUT2D eigenvalue weighted by atomic mass is 10.0. The maximum atomic E-state index is 9.64. The van der Waals surface area contributed by atoms with Crippen LogP contribution in [0.5, 0.6) is 11.5 Å². The quantitative estimate of drug-likeness (QED) is 0.555. The van der Waals surface area contributed by atoms with E-state index in [1.807, 2.05) is 49.4 Å². The first-order valence-electron chi connectivity index (χ1n) is 10.2. The van der Waals surface area contributed by atoms with Crippen LogP contribution < -0.4 is 14.8 Å². The van der Waals surface area contributed by atoms with E-state index in [2.05, 4.69) is 17.4 Å². The van der Waals surface area contributed by atoms with Crippen LogP contribution >= 0.6 is 0 Å². The number of benzene rings is 2. The zero-order valence-electron chi connectivity index (χ0n) is 17.5. The van der Waals surface area contributed by atoms with E-state index in [4.69, 9.17) is 24.4 Å². The Morgan fingerprint density at radius 3 is 2.19 bits per heavy atom. The summed E-state index contributed by atoms with van der Waals surface area (Å²) < 4.78 is 18.0. The normalized spacial score (nSPS) is 16.4. The standard InChI is InChI=1S/C19H23NO3.C4H6O4/c1-2-21-16-10-6-7-11-17(16)23-19(15-8-4-3-5-9-15)18-14-20-12-13-22-18;5-3(6)1-2-4(7)8/h3-11,18-20H,2,12-14H2,1H3;1-2H2,(H,5,6)(H,7,8)/t18-,19-;/m0./s1. The molecule has 2 aromatic carbocycles. The molecule has 0 unspecified atom stereocenters. The fourth-order valence-electron chi connectivity index (χ4n) is 2.95. The largest absolute Gasteiger partial charge is 0.490 e. The van der Waals surface area contributed by atoms with E-state index in [9.17, 15) is 9.59 Å². The van der Waals surface area contributed by atoms with Crippen LogP contribution in [0.3, 0.4) is 0 Å². The zero-order valence-corrected chi connectivity index (χ0v) is 17.5. The molecule has 1 aliphatic rings. The van der Waals surface area contributed by atoms with Crippen LogP contribution in [-0.2, 0) is 14.3 Å². The molecule has 1 aliphatic heterocycles. The molecule has 0 saturated carbocycles. The molecule has 1 fully saturated rings. The van der Waals surface area contributed by atoms with Gasteiger partial charge in [-0.3, -0.25) is 9.59 Å². The molecule has 0 amide bonds. The Balaban J connectivity index is 0.000000366. The molecular formula is C23H29NO7. The van der Waals surface area contributed by atoms with Crippen LogP contribution in [0.1, 0.15) is 31.4 Å². The van der Waals surface area contributed by atoms with Crippen molar-refractivity contribution in [1.82, 2.24) is 5.32 Å². The lowest BCUT2D eigenvalue weighted by Gasteiger charge is -2.32. The summed E-state index contributed by atoms with van der Waals surface area (Å²) in [4.78, 5) is 19.3. The molecular weight excluding hydrogens is 402 g/mol. The van der Waals surface area contributed by atoms with Crippen molar-refractivity contribution < 1.29 is 34.0 Å². The van der Waals surface area contributed by atoms with Crippen LogP contribution in [-0.4, -0.2) is 54.6 Å². The molecule has 0 aromatic heterocycles. The number of morpholine rings is 1. The van der Waals surface area contributed by atoms with Crippen LogP contribution in [0.2, 0.25) is 0 Å². The van der Waals surface area contributed by atoms with Gasteiger partial charge in [0.2, 0.25) is 0 Å². The average Bonchev–Trinajstić information content (AvgIpc) is 2.79. The Kier molecular flexibility index (Phi) is 10.3. The van der Waals surface area contributed by atoms with Crippen molar-refractivity contribution in [3.8, 4) is 11.5 Å². The van der Waals surface area contributed by atoms with Gasteiger partial charge in [0, 0.05) is 13.1 Å². The number of carboxylic acid groups (broad SMARTS) is 2. The van der Waals surface area contributed by atoms with Crippen LogP contribution in [0.4, 0.5) is 0 Å². The fraction of sp³-hybridized carbons (Fsp3) is 0.391. The van der Waals surface area contributed by atoms with Crippen LogP contribution in [0, 0.1) is 0 Å². The minimum atomic E-state index is -1.08. The second-order valence-corrected chi connectivity index (χ2v) is 6.73. The molecule has 8 nitrogen and oxygen atoms in total. The van der Waals surface area contributed by atoms with Crippen molar-refractivity contribution in [2.75, 3.05) is 26.3 Å². The minimum Gasteiger partial charge on any atom is -0.490 e. The summed E-state index contributed by atoms with van der Waals surface area (Å²) in [5.41, 5.74) is 1.10. The van der Waals surface area contributed by atoms with E-state index in [-0.39, 0.29) is 25.0 Å². The van der Waals surface area contributed by atoms with Crippen LogP contribution in [0.25, 0.3) is 0 Å². The highest BCUT2D eigenvalue weighted by Crippen LogP contribution is 2.33. The first-order chi connectivity index (χ1) is 15.0. The summed E-state index contributed by atoms with van der Waals surface area (Å²) in [6.07, 6.45) is -0.795. The molecule has 168 valence electrons. The summed E-state index contributed by atoms with van der Waals surface area (Å²) >= 11 is 0. The number of aliphatic carboxylic acids is 2. The highest BCUT2D eigenvalue weighted by Gasteiger charge is 2.28. The van der Waals surface area contributed by atoms with Gasteiger partial charge in [0.15, 0.2) is 17.6 Å². The Labute approximate surface area is 181 Å². The maximum absolute atomic E-state index is 9.64. The second-order valence-electron chi connectivity index (χ2n) is 6.73. The van der Waals surface area contributed by atoms with E-state index in [1.165, 1.54) is 0 Å². The minimum absolute atomic E-state index is 0.0270. The summed E-state index contributed by atoms with van der Waals surface area (Å²) in [6.45, 7) is 4.94. The third-order valence-corrected chi connectivity index (χ3v) is 4.38. The molecule has 8 heteroatoms. The Morgan fingerprint density at radius 2 is 1.65 bits per heavy atom. The predicted molar refractivity (Wildman–Crippen MR) is 115 cm³/mol. The number of nitrogens with one attached hydrogen (secondary N) is 1. The number of hydrogen-bond donors (Lipinski definition) is 3. The SMILES string of the molecule is CCOc1ccccc1O[C@@H](c1ccccc1)[C@@H]1CNCCO1.O=C(O)CCC(=O)O. The van der Waals surface area contributed by atoms with Crippen molar-refractivity contribution in [1.29, 1.82) is 0 Å². The molecule has 31 heavy (non-hydrogen) atoms. The summed E-state index contributed by atoms with van der Waals surface area (Å²) in [7, 11) is 0. The number of carboxylic acids is 2. The van der Waals surface area contributed by atoms with E-state index in [0.717, 1.165) is 30.2 Å². The van der Waals surface area contributed by atoms with Gasteiger partial charge in [0.1, 0.15) is 6.10 Å². The molecule has 0 spiro atoms. The van der Waals surface area contributed by atoms with Gasteiger partial charge in [-0.2, -0.15) is 0 Å².